The van der Waals surface area contributed by atoms with Crippen molar-refractivity contribution < 1.29 is 4.79 Å². The molecule has 6 nitrogen and oxygen atoms in total. The number of nitrogens with two attached hydrogens (primary N) is 1. The molecule has 0 spiro atoms. The smallest absolute Gasteiger partial charge is 0.221 e. The first-order valence-corrected chi connectivity index (χ1v) is 4.27. The van der Waals surface area contributed by atoms with Gasteiger partial charge in [0.1, 0.15) is 5.82 Å². The van der Waals surface area contributed by atoms with Crippen molar-refractivity contribution >= 4 is 12.2 Å². The topological polar surface area (TPSA) is 82.8 Å². The summed E-state index contributed by atoms with van der Waals surface area (Å²) in [6.07, 6.45) is 1.12. The van der Waals surface area contributed by atoms with E-state index in [0.717, 1.165) is 0 Å². The highest BCUT2D eigenvalue weighted by Crippen LogP contribution is 2.11. The molecule has 1 heterocycles. The molecule has 0 saturated heterocycles. The summed E-state index contributed by atoms with van der Waals surface area (Å²) in [5, 5.41) is 5.70. The molecule has 78 valence electrons. The molecule has 14 heavy (non-hydrogen) atoms. The monoisotopic (exact) mass is 197 g/mol. The number of carbonyl (C=O) groups excluding carboxylic acids is 1. The lowest BCUT2D eigenvalue weighted by Crippen LogP contribution is -2.45. The fourth-order valence-electron chi connectivity index (χ4n) is 1.20. The Morgan fingerprint density at radius 1 is 1.79 bits per heavy atom. The number of hydrogen-bond acceptors (Lipinski definition) is 5. The Labute approximate surface area is 82.9 Å². The van der Waals surface area contributed by atoms with Gasteiger partial charge in [0.2, 0.25) is 5.91 Å². The van der Waals surface area contributed by atoms with Gasteiger partial charge in [0.15, 0.2) is 6.17 Å². The summed E-state index contributed by atoms with van der Waals surface area (Å²) in [4.78, 5) is 16.8. The number of carbonyl (C=O) groups is 1. The van der Waals surface area contributed by atoms with Crippen molar-refractivity contribution in [2.45, 2.75) is 13.1 Å². The van der Waals surface area contributed by atoms with Gasteiger partial charge in [-0.05, 0) is 0 Å². The highest BCUT2D eigenvalue weighted by molar-refractivity contribution is 5.74. The fraction of sp³-hybridized carbons (Fsp3) is 0.500. The first-order valence-electron chi connectivity index (χ1n) is 4.27. The maximum Gasteiger partial charge on any atom is 0.221 e. The number of rotatable bonds is 2. The van der Waals surface area contributed by atoms with Gasteiger partial charge < -0.3 is 21.3 Å². The molecule has 0 radical (unpaired) electrons. The van der Waals surface area contributed by atoms with Crippen LogP contribution < -0.4 is 16.4 Å². The lowest BCUT2D eigenvalue weighted by Gasteiger charge is -2.29. The summed E-state index contributed by atoms with van der Waals surface area (Å²) < 4.78 is 0. The van der Waals surface area contributed by atoms with E-state index in [2.05, 4.69) is 15.6 Å². The highest BCUT2D eigenvalue weighted by Gasteiger charge is 2.23. The summed E-state index contributed by atoms with van der Waals surface area (Å²) in [6.45, 7) is 1.49. The van der Waals surface area contributed by atoms with Gasteiger partial charge in [0, 0.05) is 21.0 Å². The lowest BCUT2D eigenvalue weighted by molar-refractivity contribution is -0.128. The van der Waals surface area contributed by atoms with E-state index in [9.17, 15) is 4.79 Å². The molecule has 1 unspecified atom stereocenters. The van der Waals surface area contributed by atoms with Gasteiger partial charge >= 0.3 is 0 Å². The van der Waals surface area contributed by atoms with Crippen molar-refractivity contribution in [1.82, 2.24) is 15.5 Å². The molecule has 1 amide bonds. The fourth-order valence-corrected chi connectivity index (χ4v) is 1.20. The van der Waals surface area contributed by atoms with Gasteiger partial charge in [-0.15, -0.1) is 0 Å². The average molecular weight is 197 g/mol. The molecule has 0 saturated carbocycles. The Hall–Kier alpha value is -1.72. The second-order valence-electron chi connectivity index (χ2n) is 3.00. The number of nitrogens with one attached hydrogen (secondary N) is 2. The molecule has 0 aliphatic carbocycles. The highest BCUT2D eigenvalue weighted by atomic mass is 16.2. The quantitative estimate of drug-likeness (QED) is 0.517. The molecular weight excluding hydrogens is 182 g/mol. The van der Waals surface area contributed by atoms with Crippen LogP contribution in [0.4, 0.5) is 0 Å². The summed E-state index contributed by atoms with van der Waals surface area (Å²) in [6, 6.07) is 0. The van der Waals surface area contributed by atoms with E-state index in [-0.39, 0.29) is 12.1 Å². The zero-order valence-corrected chi connectivity index (χ0v) is 8.53. The molecule has 0 bridgehead atoms. The van der Waals surface area contributed by atoms with Crippen LogP contribution >= 0.6 is 0 Å². The summed E-state index contributed by atoms with van der Waals surface area (Å²) in [5.41, 5.74) is 6.39. The first-order chi connectivity index (χ1) is 6.57. The van der Waals surface area contributed by atoms with E-state index >= 15 is 0 Å². The predicted molar refractivity (Wildman–Crippen MR) is 54.1 cm³/mol. The maximum atomic E-state index is 11.2. The zero-order valence-electron chi connectivity index (χ0n) is 8.53. The van der Waals surface area contributed by atoms with E-state index in [1.807, 2.05) is 0 Å². The zero-order chi connectivity index (χ0) is 10.7. The van der Waals surface area contributed by atoms with Crippen molar-refractivity contribution in [3.8, 4) is 0 Å². The molecule has 0 aromatic heterocycles. The Morgan fingerprint density at radius 3 is 2.93 bits per heavy atom. The van der Waals surface area contributed by atoms with Gasteiger partial charge in [-0.2, -0.15) is 0 Å². The van der Waals surface area contributed by atoms with Gasteiger partial charge in [0.25, 0.3) is 0 Å². The number of nitrogens with zero attached hydrogens (tertiary/aromatic N) is 2. The van der Waals surface area contributed by atoms with Crippen molar-refractivity contribution in [2.24, 2.45) is 10.7 Å². The van der Waals surface area contributed by atoms with Crippen LogP contribution in [0.2, 0.25) is 0 Å². The summed E-state index contributed by atoms with van der Waals surface area (Å²) in [7, 11) is 3.42. The molecule has 6 heteroatoms. The minimum Gasteiger partial charge on any atom is -0.385 e. The van der Waals surface area contributed by atoms with E-state index in [0.29, 0.717) is 11.5 Å². The van der Waals surface area contributed by atoms with Gasteiger partial charge in [-0.25, -0.2) is 4.99 Å². The Morgan fingerprint density at radius 2 is 2.43 bits per heavy atom. The second-order valence-corrected chi connectivity index (χ2v) is 3.00. The van der Waals surface area contributed by atoms with Crippen LogP contribution in [0.3, 0.4) is 0 Å². The first kappa shape index (κ1) is 10.4. The van der Waals surface area contributed by atoms with Crippen molar-refractivity contribution in [2.75, 3.05) is 14.1 Å². The maximum absolute atomic E-state index is 11.2. The number of likely N-dealkylation sites (N-methyl/N-ethyl adjacent to an activating group) is 2. The normalized spacial score (nSPS) is 20.4. The third-order valence-electron chi connectivity index (χ3n) is 2.12. The molecule has 4 N–H and O–H groups in total. The minimum atomic E-state index is -0.362. The van der Waals surface area contributed by atoms with Crippen LogP contribution in [0.25, 0.3) is 0 Å². The largest absolute Gasteiger partial charge is 0.385 e. The minimum absolute atomic E-state index is 0.0606. The average Bonchev–Trinajstić information content (AvgIpc) is 2.16. The van der Waals surface area contributed by atoms with E-state index < -0.39 is 0 Å². The Balaban J connectivity index is 2.91. The van der Waals surface area contributed by atoms with Crippen LogP contribution in [-0.4, -0.2) is 37.4 Å². The van der Waals surface area contributed by atoms with Gasteiger partial charge in [0.05, 0.1) is 12.0 Å². The molecule has 1 atom stereocenters. The van der Waals surface area contributed by atoms with E-state index in [1.54, 1.807) is 14.1 Å². The SMILES string of the molecule is CNC1=C(N)NC=NC1N(C)C(C)=O. The lowest BCUT2D eigenvalue weighted by atomic mass is 10.3. The number of amides is 1. The van der Waals surface area contributed by atoms with Crippen LogP contribution in [0.1, 0.15) is 6.92 Å². The molecular formula is C8H15N5O. The number of hydrogen-bond donors (Lipinski definition) is 3. The molecule has 0 aromatic carbocycles. The Kier molecular flexibility index (Phi) is 2.95. The molecule has 0 fully saturated rings. The molecule has 0 aromatic rings. The van der Waals surface area contributed by atoms with Crippen LogP contribution in [0.15, 0.2) is 16.5 Å². The van der Waals surface area contributed by atoms with Crippen molar-refractivity contribution in [3.05, 3.63) is 11.5 Å². The van der Waals surface area contributed by atoms with E-state index in [1.165, 1.54) is 18.2 Å². The van der Waals surface area contributed by atoms with Gasteiger partial charge in [-0.3, -0.25) is 4.79 Å². The number of aliphatic imine (C=N–C) groups is 1. The van der Waals surface area contributed by atoms with Gasteiger partial charge in [-0.1, -0.05) is 0 Å². The third-order valence-corrected chi connectivity index (χ3v) is 2.12. The summed E-state index contributed by atoms with van der Waals surface area (Å²) in [5.74, 6) is 0.426. The standard InChI is InChI=1S/C8H15N5O/c1-5(14)13(3)8-6(10-2)7(9)11-4-12-8/h4,8,10H,9H2,1-3H3,(H,11,12). The van der Waals surface area contributed by atoms with Crippen LogP contribution in [-0.2, 0) is 4.79 Å². The second kappa shape index (κ2) is 3.99. The molecule has 1 aliphatic rings. The third kappa shape index (κ3) is 1.78. The molecule has 1 rings (SSSR count). The Bertz CT molecular complexity index is 296. The van der Waals surface area contributed by atoms with Crippen LogP contribution in [0.5, 0.6) is 0 Å². The summed E-state index contributed by atoms with van der Waals surface area (Å²) >= 11 is 0. The van der Waals surface area contributed by atoms with E-state index in [4.69, 9.17) is 5.73 Å². The molecule has 1 aliphatic heterocycles. The van der Waals surface area contributed by atoms with Crippen molar-refractivity contribution in [3.63, 3.8) is 0 Å². The van der Waals surface area contributed by atoms with Crippen LogP contribution in [0, 0.1) is 0 Å². The van der Waals surface area contributed by atoms with Crippen molar-refractivity contribution in [1.29, 1.82) is 0 Å². The predicted octanol–water partition coefficient (Wildman–Crippen LogP) is -1.23.